The predicted octanol–water partition coefficient (Wildman–Crippen LogP) is 3.12. The molecule has 0 unspecified atom stereocenters. The van der Waals surface area contributed by atoms with E-state index in [9.17, 15) is 9.59 Å². The lowest BCUT2D eigenvalue weighted by molar-refractivity contribution is -0.133. The molecule has 0 aliphatic heterocycles. The molecule has 0 atom stereocenters. The lowest BCUT2D eigenvalue weighted by Crippen LogP contribution is -2.16. The van der Waals surface area contributed by atoms with Gasteiger partial charge in [0.1, 0.15) is 0 Å². The molecule has 0 radical (unpaired) electrons. The molecule has 0 aliphatic rings. The Labute approximate surface area is 114 Å². The average molecular weight is 312 g/mol. The number of hydrogen-bond acceptors (Lipinski definition) is 2. The van der Waals surface area contributed by atoms with Crippen LogP contribution in [-0.2, 0) is 9.59 Å². The Hall–Kier alpha value is -1.62. The molecule has 1 amide bonds. The van der Waals surface area contributed by atoms with Gasteiger partial charge in [0, 0.05) is 21.3 Å². The third-order valence-electron chi connectivity index (χ3n) is 2.65. The van der Waals surface area contributed by atoms with E-state index in [-0.39, 0.29) is 11.1 Å². The molecule has 0 fully saturated rings. The summed E-state index contributed by atoms with van der Waals surface area (Å²) >= 11 is 3.37. The monoisotopic (exact) mass is 311 g/mol. The van der Waals surface area contributed by atoms with Crippen LogP contribution in [0.1, 0.15) is 19.4 Å². The molecule has 1 rings (SSSR count). The highest BCUT2D eigenvalue weighted by molar-refractivity contribution is 9.10. The summed E-state index contributed by atoms with van der Waals surface area (Å²) in [4.78, 5) is 22.6. The topological polar surface area (TPSA) is 66.4 Å². The van der Waals surface area contributed by atoms with Crippen molar-refractivity contribution in [2.45, 2.75) is 20.8 Å². The molecule has 0 heterocycles. The Morgan fingerprint density at radius 1 is 1.22 bits per heavy atom. The van der Waals surface area contributed by atoms with Gasteiger partial charge in [-0.3, -0.25) is 4.79 Å². The van der Waals surface area contributed by atoms with E-state index in [0.29, 0.717) is 5.69 Å². The van der Waals surface area contributed by atoms with E-state index in [1.54, 1.807) is 12.1 Å². The number of aliphatic carboxylic acids is 1. The van der Waals surface area contributed by atoms with Crippen LogP contribution in [-0.4, -0.2) is 17.0 Å². The fraction of sp³-hybridized carbons (Fsp3) is 0.231. The molecule has 0 aliphatic carbocycles. The van der Waals surface area contributed by atoms with Crippen molar-refractivity contribution in [3.05, 3.63) is 39.4 Å². The van der Waals surface area contributed by atoms with Crippen LogP contribution in [0.15, 0.2) is 33.8 Å². The van der Waals surface area contributed by atoms with Crippen molar-refractivity contribution >= 4 is 33.5 Å². The molecule has 18 heavy (non-hydrogen) atoms. The first kappa shape index (κ1) is 14.4. The Balaban J connectivity index is 2.92. The van der Waals surface area contributed by atoms with E-state index >= 15 is 0 Å². The molecule has 5 heteroatoms. The van der Waals surface area contributed by atoms with Gasteiger partial charge in [-0.15, -0.1) is 0 Å². The summed E-state index contributed by atoms with van der Waals surface area (Å²) in [6.07, 6.45) is 0. The number of amides is 1. The van der Waals surface area contributed by atoms with E-state index in [2.05, 4.69) is 21.2 Å². The lowest BCUT2D eigenvalue weighted by atomic mass is 10.1. The SMILES string of the molecule is CC(C(=O)O)=C(C)C(=O)Nc1ccc(C)c(Br)c1. The van der Waals surface area contributed by atoms with Crippen LogP contribution in [0.5, 0.6) is 0 Å². The molecule has 4 nitrogen and oxygen atoms in total. The van der Waals surface area contributed by atoms with Crippen molar-refractivity contribution in [1.82, 2.24) is 0 Å². The van der Waals surface area contributed by atoms with Crippen molar-refractivity contribution in [1.29, 1.82) is 0 Å². The first-order chi connectivity index (χ1) is 8.32. The van der Waals surface area contributed by atoms with Gasteiger partial charge in [-0.25, -0.2) is 4.79 Å². The Morgan fingerprint density at radius 3 is 2.33 bits per heavy atom. The zero-order valence-electron chi connectivity index (χ0n) is 10.4. The van der Waals surface area contributed by atoms with Gasteiger partial charge in [0.25, 0.3) is 5.91 Å². The zero-order chi connectivity index (χ0) is 13.9. The molecule has 1 aromatic carbocycles. The van der Waals surface area contributed by atoms with Crippen molar-refractivity contribution in [2.75, 3.05) is 5.32 Å². The van der Waals surface area contributed by atoms with Crippen molar-refractivity contribution < 1.29 is 14.7 Å². The van der Waals surface area contributed by atoms with E-state index in [1.807, 2.05) is 13.0 Å². The van der Waals surface area contributed by atoms with Gasteiger partial charge in [0.05, 0.1) is 0 Å². The molecular weight excluding hydrogens is 298 g/mol. The van der Waals surface area contributed by atoms with Crippen molar-refractivity contribution in [3.8, 4) is 0 Å². The molecule has 0 saturated carbocycles. The van der Waals surface area contributed by atoms with Crippen LogP contribution in [0.25, 0.3) is 0 Å². The molecule has 0 saturated heterocycles. The Kier molecular flexibility index (Phi) is 4.67. The normalized spacial score (nSPS) is 11.8. The minimum atomic E-state index is -1.09. The predicted molar refractivity (Wildman–Crippen MR) is 73.5 cm³/mol. The molecule has 2 N–H and O–H groups in total. The van der Waals surface area contributed by atoms with Crippen molar-refractivity contribution in [2.24, 2.45) is 0 Å². The van der Waals surface area contributed by atoms with E-state index in [1.165, 1.54) is 13.8 Å². The Morgan fingerprint density at radius 2 is 1.83 bits per heavy atom. The maximum absolute atomic E-state index is 11.8. The maximum atomic E-state index is 11.8. The van der Waals surface area contributed by atoms with Gasteiger partial charge in [0.15, 0.2) is 0 Å². The molecule has 0 spiro atoms. The van der Waals surface area contributed by atoms with Gasteiger partial charge in [-0.2, -0.15) is 0 Å². The van der Waals surface area contributed by atoms with Crippen LogP contribution in [0.4, 0.5) is 5.69 Å². The molecule has 0 bridgehead atoms. The number of carboxylic acids is 1. The summed E-state index contributed by atoms with van der Waals surface area (Å²) in [6, 6.07) is 5.40. The average Bonchev–Trinajstić information content (AvgIpc) is 2.31. The summed E-state index contributed by atoms with van der Waals surface area (Å²) in [5.74, 6) is -1.50. The number of halogens is 1. The summed E-state index contributed by atoms with van der Waals surface area (Å²) < 4.78 is 0.886. The largest absolute Gasteiger partial charge is 0.478 e. The second kappa shape index (κ2) is 5.82. The van der Waals surface area contributed by atoms with Gasteiger partial charge in [-0.1, -0.05) is 22.0 Å². The van der Waals surface area contributed by atoms with Gasteiger partial charge in [0.2, 0.25) is 0 Å². The lowest BCUT2D eigenvalue weighted by Gasteiger charge is -2.08. The number of rotatable bonds is 3. The molecule has 96 valence electrons. The number of carboxylic acid groups (broad SMARTS) is 1. The number of benzene rings is 1. The summed E-state index contributed by atoms with van der Waals surface area (Å²) in [5.41, 5.74) is 1.91. The standard InChI is InChI=1S/C13H14BrNO3/c1-7-4-5-10(6-11(7)14)15-12(16)8(2)9(3)13(17)18/h4-6H,1-3H3,(H,15,16)(H,17,18). The van der Waals surface area contributed by atoms with E-state index in [0.717, 1.165) is 10.0 Å². The van der Waals surface area contributed by atoms with Crippen LogP contribution >= 0.6 is 15.9 Å². The summed E-state index contributed by atoms with van der Waals surface area (Å²) in [7, 11) is 0. The second-order valence-electron chi connectivity index (χ2n) is 3.97. The van der Waals surface area contributed by atoms with Crippen LogP contribution < -0.4 is 5.32 Å². The quantitative estimate of drug-likeness (QED) is 0.843. The second-order valence-corrected chi connectivity index (χ2v) is 4.83. The number of anilines is 1. The number of hydrogen-bond donors (Lipinski definition) is 2. The molecular formula is C13H14BrNO3. The van der Waals surface area contributed by atoms with Crippen molar-refractivity contribution in [3.63, 3.8) is 0 Å². The minimum absolute atomic E-state index is 0.0404. The fourth-order valence-corrected chi connectivity index (χ4v) is 1.60. The minimum Gasteiger partial charge on any atom is -0.478 e. The van der Waals surface area contributed by atoms with Gasteiger partial charge < -0.3 is 10.4 Å². The smallest absolute Gasteiger partial charge is 0.331 e. The van der Waals surface area contributed by atoms with Gasteiger partial charge >= 0.3 is 5.97 Å². The first-order valence-corrected chi connectivity index (χ1v) is 6.10. The van der Waals surface area contributed by atoms with Crippen LogP contribution in [0.3, 0.4) is 0 Å². The summed E-state index contributed by atoms with van der Waals surface area (Å²) in [6.45, 7) is 4.83. The first-order valence-electron chi connectivity index (χ1n) is 5.31. The number of aryl methyl sites for hydroxylation is 1. The number of nitrogens with one attached hydrogen (secondary N) is 1. The summed E-state index contributed by atoms with van der Waals surface area (Å²) in [5, 5.41) is 11.5. The number of carbonyl (C=O) groups is 2. The van der Waals surface area contributed by atoms with Gasteiger partial charge in [-0.05, 0) is 38.5 Å². The van der Waals surface area contributed by atoms with Crippen LogP contribution in [0.2, 0.25) is 0 Å². The highest BCUT2D eigenvalue weighted by Gasteiger charge is 2.12. The fourth-order valence-electron chi connectivity index (χ4n) is 1.23. The van der Waals surface area contributed by atoms with E-state index < -0.39 is 11.9 Å². The number of carbonyl (C=O) groups excluding carboxylic acids is 1. The van der Waals surface area contributed by atoms with Crippen LogP contribution in [0, 0.1) is 6.92 Å². The highest BCUT2D eigenvalue weighted by atomic mass is 79.9. The third-order valence-corrected chi connectivity index (χ3v) is 3.51. The zero-order valence-corrected chi connectivity index (χ0v) is 12.0. The highest BCUT2D eigenvalue weighted by Crippen LogP contribution is 2.21. The molecule has 0 aromatic heterocycles. The third kappa shape index (κ3) is 3.43. The maximum Gasteiger partial charge on any atom is 0.331 e. The molecule has 1 aromatic rings. The van der Waals surface area contributed by atoms with E-state index in [4.69, 9.17) is 5.11 Å². The Bertz CT molecular complexity index is 535.